The number of halogens is 2. The summed E-state index contributed by atoms with van der Waals surface area (Å²) in [5.74, 6) is 0.147. The predicted octanol–water partition coefficient (Wildman–Crippen LogP) is 3.76. The van der Waals surface area contributed by atoms with Crippen LogP contribution in [0.5, 0.6) is 0 Å². The lowest BCUT2D eigenvalue weighted by Crippen LogP contribution is -2.56. The number of allylic oxidation sites excluding steroid dienone is 1. The highest BCUT2D eigenvalue weighted by Crippen LogP contribution is 2.46. The van der Waals surface area contributed by atoms with Crippen LogP contribution in [0.25, 0.3) is 0 Å². The van der Waals surface area contributed by atoms with Crippen molar-refractivity contribution in [1.29, 1.82) is 0 Å². The van der Waals surface area contributed by atoms with E-state index in [1.807, 2.05) is 20.8 Å². The van der Waals surface area contributed by atoms with Gasteiger partial charge >= 0.3 is 12.1 Å². The number of rotatable bonds is 5. The maximum Gasteiger partial charge on any atom is 0.416 e. The molecule has 10 heteroatoms. The molecule has 1 fully saturated rings. The summed E-state index contributed by atoms with van der Waals surface area (Å²) >= 11 is 13.0. The van der Waals surface area contributed by atoms with Gasteiger partial charge in [0.15, 0.2) is 5.82 Å². The molecule has 1 aliphatic carbocycles. The third-order valence-electron chi connectivity index (χ3n) is 6.15. The molecule has 2 heterocycles. The molecule has 1 amide bonds. The van der Waals surface area contributed by atoms with Gasteiger partial charge in [0.1, 0.15) is 11.3 Å². The Morgan fingerprint density at radius 1 is 1.34 bits per heavy atom. The Balaban J connectivity index is 1.90. The van der Waals surface area contributed by atoms with E-state index < -0.39 is 17.7 Å². The quantitative estimate of drug-likeness (QED) is 0.466. The van der Waals surface area contributed by atoms with Crippen molar-refractivity contribution < 1.29 is 19.1 Å². The van der Waals surface area contributed by atoms with Crippen LogP contribution in [-0.2, 0) is 14.3 Å². The van der Waals surface area contributed by atoms with Crippen LogP contribution in [-0.4, -0.2) is 76.0 Å². The van der Waals surface area contributed by atoms with Crippen molar-refractivity contribution >= 4 is 35.3 Å². The second-order valence-corrected chi connectivity index (χ2v) is 11.0. The van der Waals surface area contributed by atoms with Crippen molar-refractivity contribution in [3.8, 4) is 0 Å². The molecule has 3 unspecified atom stereocenters. The van der Waals surface area contributed by atoms with E-state index in [9.17, 15) is 9.59 Å². The van der Waals surface area contributed by atoms with E-state index in [1.165, 1.54) is 7.11 Å². The van der Waals surface area contributed by atoms with Gasteiger partial charge in [-0.15, -0.1) is 23.2 Å². The number of ether oxygens (including phenoxy) is 2. The number of hydrazine groups is 1. The number of hydrogen-bond donors (Lipinski definition) is 1. The number of hydrogen-bond acceptors (Lipinski definition) is 7. The van der Waals surface area contributed by atoms with Crippen LogP contribution in [0.1, 0.15) is 53.4 Å². The van der Waals surface area contributed by atoms with Gasteiger partial charge in [0.2, 0.25) is 0 Å². The summed E-state index contributed by atoms with van der Waals surface area (Å²) in [6.45, 7) is 8.69. The lowest BCUT2D eigenvalue weighted by atomic mass is 9.79. The van der Waals surface area contributed by atoms with Gasteiger partial charge < -0.3 is 14.4 Å². The second kappa shape index (κ2) is 9.21. The van der Waals surface area contributed by atoms with Crippen molar-refractivity contribution in [2.24, 2.45) is 0 Å². The number of alkyl halides is 2. The zero-order valence-electron chi connectivity index (χ0n) is 19.7. The Kier molecular flexibility index (Phi) is 7.15. The first-order valence-electron chi connectivity index (χ1n) is 11.0. The largest absolute Gasteiger partial charge is 0.464 e. The average molecular weight is 489 g/mol. The van der Waals surface area contributed by atoms with E-state index in [-0.39, 0.29) is 16.3 Å². The van der Waals surface area contributed by atoms with E-state index in [0.717, 1.165) is 31.4 Å². The van der Waals surface area contributed by atoms with E-state index in [1.54, 1.807) is 23.0 Å². The van der Waals surface area contributed by atoms with Crippen LogP contribution in [0.3, 0.4) is 0 Å². The third-order valence-corrected chi connectivity index (χ3v) is 7.54. The standard InChI is InChI=1S/C22H34Cl2N4O4/c1-14(7-9-22(24)10-8-17(22)23)27-11-12-28(20(30)32-21(2,3)4)18-16(27)13-15(19(29)31-6)25-26(18)5/h13-14,17,25H,7-12H2,1-6H3. The number of amides is 1. The molecule has 3 aliphatic rings. The highest BCUT2D eigenvalue weighted by atomic mass is 35.5. The summed E-state index contributed by atoms with van der Waals surface area (Å²) in [6.07, 6.45) is 4.83. The van der Waals surface area contributed by atoms with Crippen LogP contribution in [0.2, 0.25) is 0 Å². The van der Waals surface area contributed by atoms with E-state index in [0.29, 0.717) is 24.6 Å². The molecule has 32 heavy (non-hydrogen) atoms. The Morgan fingerprint density at radius 2 is 2.03 bits per heavy atom. The van der Waals surface area contributed by atoms with Gasteiger partial charge in [-0.1, -0.05) is 0 Å². The fourth-order valence-electron chi connectivity index (χ4n) is 4.22. The van der Waals surface area contributed by atoms with E-state index in [4.69, 9.17) is 32.7 Å². The van der Waals surface area contributed by atoms with Crippen molar-refractivity contribution in [2.45, 2.75) is 75.3 Å². The van der Waals surface area contributed by atoms with Gasteiger partial charge in [0.05, 0.1) is 23.1 Å². The first-order chi connectivity index (χ1) is 14.9. The molecule has 0 bridgehead atoms. The molecule has 8 nitrogen and oxygen atoms in total. The highest BCUT2D eigenvalue weighted by molar-refractivity contribution is 6.33. The van der Waals surface area contributed by atoms with Crippen molar-refractivity contribution in [2.75, 3.05) is 27.2 Å². The maximum atomic E-state index is 13.0. The average Bonchev–Trinajstić information content (AvgIpc) is 2.73. The minimum Gasteiger partial charge on any atom is -0.464 e. The summed E-state index contributed by atoms with van der Waals surface area (Å²) in [4.78, 5) is 28.7. The van der Waals surface area contributed by atoms with Crippen molar-refractivity contribution in [3.05, 3.63) is 23.3 Å². The van der Waals surface area contributed by atoms with Crippen LogP contribution < -0.4 is 5.43 Å². The monoisotopic (exact) mass is 488 g/mol. The van der Waals surface area contributed by atoms with Gasteiger partial charge in [0.25, 0.3) is 0 Å². The lowest BCUT2D eigenvalue weighted by molar-refractivity contribution is -0.137. The second-order valence-electron chi connectivity index (χ2n) is 9.68. The molecule has 3 rings (SSSR count). The molecule has 1 saturated carbocycles. The van der Waals surface area contributed by atoms with E-state index in [2.05, 4.69) is 17.2 Å². The highest BCUT2D eigenvalue weighted by Gasteiger charge is 2.44. The summed E-state index contributed by atoms with van der Waals surface area (Å²) < 4.78 is 10.5. The fraction of sp³-hybridized carbons (Fsp3) is 0.727. The molecule has 0 saturated heterocycles. The zero-order chi connectivity index (χ0) is 23.8. The summed E-state index contributed by atoms with van der Waals surface area (Å²) in [5.41, 5.74) is 3.44. The smallest absolute Gasteiger partial charge is 0.416 e. The Hall–Kier alpha value is -1.80. The Morgan fingerprint density at radius 3 is 2.56 bits per heavy atom. The van der Waals surface area contributed by atoms with Gasteiger partial charge in [-0.05, 0) is 59.5 Å². The molecular weight excluding hydrogens is 455 g/mol. The van der Waals surface area contributed by atoms with Crippen LogP contribution >= 0.6 is 23.2 Å². The zero-order valence-corrected chi connectivity index (χ0v) is 21.2. The topological polar surface area (TPSA) is 74.3 Å². The van der Waals surface area contributed by atoms with Gasteiger partial charge in [-0.25, -0.2) is 9.59 Å². The molecular formula is C22H34Cl2N4O4. The minimum absolute atomic E-state index is 0.00555. The molecule has 3 atom stereocenters. The molecule has 0 aromatic carbocycles. The van der Waals surface area contributed by atoms with Gasteiger partial charge in [-0.3, -0.25) is 15.3 Å². The maximum absolute atomic E-state index is 13.0. The van der Waals surface area contributed by atoms with Gasteiger partial charge in [-0.2, -0.15) is 0 Å². The first kappa shape index (κ1) is 24.8. The molecule has 180 valence electrons. The summed E-state index contributed by atoms with van der Waals surface area (Å²) in [5, 5.41) is 1.67. The molecule has 0 radical (unpaired) electrons. The molecule has 0 aromatic heterocycles. The predicted molar refractivity (Wildman–Crippen MR) is 124 cm³/mol. The van der Waals surface area contributed by atoms with Gasteiger partial charge in [0, 0.05) is 26.2 Å². The number of carbonyl (C=O) groups excluding carboxylic acids is 2. The summed E-state index contributed by atoms with van der Waals surface area (Å²) in [7, 11) is 3.10. The molecule has 1 N–H and O–H groups in total. The Bertz CT molecular complexity index is 825. The van der Waals surface area contributed by atoms with Crippen LogP contribution in [0.15, 0.2) is 23.3 Å². The number of nitrogens with zero attached hydrogens (tertiary/aromatic N) is 3. The number of carbonyl (C=O) groups is 2. The van der Waals surface area contributed by atoms with E-state index >= 15 is 0 Å². The number of nitrogens with one attached hydrogen (secondary N) is 1. The van der Waals surface area contributed by atoms with Crippen molar-refractivity contribution in [1.82, 2.24) is 20.2 Å². The van der Waals surface area contributed by atoms with Crippen LogP contribution in [0, 0.1) is 0 Å². The fourth-order valence-corrected chi connectivity index (χ4v) is 4.88. The minimum atomic E-state index is -0.620. The Labute approximate surface area is 200 Å². The normalized spacial score (nSPS) is 26.6. The van der Waals surface area contributed by atoms with Crippen LogP contribution in [0.4, 0.5) is 4.79 Å². The summed E-state index contributed by atoms with van der Waals surface area (Å²) in [6, 6.07) is 0.127. The number of esters is 1. The van der Waals surface area contributed by atoms with Crippen molar-refractivity contribution in [3.63, 3.8) is 0 Å². The first-order valence-corrected chi connectivity index (χ1v) is 11.8. The third kappa shape index (κ3) is 5.06. The molecule has 0 spiro atoms. The molecule has 0 aromatic rings. The SMILES string of the molecule is COC(=O)C1=CC2=C(N(C)N1)N(C(=O)OC(C)(C)C)CCN2C(C)CCC1(Cl)CCC1Cl. The number of methoxy groups -OCH3 is 1. The lowest BCUT2D eigenvalue weighted by Gasteiger charge is -2.47. The molecule has 2 aliphatic heterocycles.